The van der Waals surface area contributed by atoms with E-state index in [1.165, 1.54) is 26.2 Å². The maximum Gasteiger partial charge on any atom is 0.168 e. The number of para-hydroxylation sites is 1. The van der Waals surface area contributed by atoms with Gasteiger partial charge in [-0.2, -0.15) is 0 Å². The number of hydrogen-bond donors (Lipinski definition) is 1. The fraction of sp³-hybridized carbons (Fsp3) is 0.533. The Morgan fingerprint density at radius 3 is 2.61 bits per heavy atom. The van der Waals surface area contributed by atoms with Crippen molar-refractivity contribution in [2.75, 3.05) is 6.61 Å². The maximum absolute atomic E-state index is 11.3. The molecule has 3 heteroatoms. The first-order chi connectivity index (χ1) is 8.66. The summed E-state index contributed by atoms with van der Waals surface area (Å²) in [6.07, 6.45) is 5.82. The zero-order chi connectivity index (χ0) is 13.4. The third-order valence-corrected chi connectivity index (χ3v) is 2.88. The van der Waals surface area contributed by atoms with Crippen LogP contribution >= 0.6 is 0 Å². The molecule has 0 heterocycles. The zero-order valence-electron chi connectivity index (χ0n) is 11.2. The molecule has 0 aliphatic carbocycles. The molecule has 0 atom stereocenters. The van der Waals surface area contributed by atoms with Crippen LogP contribution in [0.2, 0.25) is 0 Å². The first-order valence-corrected chi connectivity index (χ1v) is 6.62. The van der Waals surface area contributed by atoms with Crippen molar-refractivity contribution in [2.45, 2.75) is 46.0 Å². The van der Waals surface area contributed by atoms with Crippen LogP contribution in [0.4, 0.5) is 0 Å². The Morgan fingerprint density at radius 1 is 1.22 bits per heavy atom. The number of rotatable bonds is 8. The Labute approximate surface area is 109 Å². The van der Waals surface area contributed by atoms with Crippen LogP contribution in [0.3, 0.4) is 0 Å². The highest BCUT2D eigenvalue weighted by Gasteiger charge is 2.11. The highest BCUT2D eigenvalue weighted by atomic mass is 16.5. The topological polar surface area (TPSA) is 46.5 Å². The molecular formula is C15H22O3. The lowest BCUT2D eigenvalue weighted by molar-refractivity contribution is 0.101. The molecule has 18 heavy (non-hydrogen) atoms. The summed E-state index contributed by atoms with van der Waals surface area (Å²) in [5.74, 6) is 0.206. The summed E-state index contributed by atoms with van der Waals surface area (Å²) in [5.41, 5.74) is 0.318. The molecule has 0 aliphatic heterocycles. The minimum Gasteiger partial charge on any atom is -0.504 e. The van der Waals surface area contributed by atoms with Gasteiger partial charge in [-0.25, -0.2) is 0 Å². The van der Waals surface area contributed by atoms with Crippen molar-refractivity contribution in [1.82, 2.24) is 0 Å². The lowest BCUT2D eigenvalue weighted by atomic mass is 10.1. The monoisotopic (exact) mass is 250 g/mol. The van der Waals surface area contributed by atoms with Gasteiger partial charge in [0.25, 0.3) is 0 Å². The molecule has 0 aliphatic rings. The number of aromatic hydroxyl groups is 1. The number of Topliss-reactive ketones (excluding diaryl/α,β-unsaturated/α-hetero) is 1. The predicted octanol–water partition coefficient (Wildman–Crippen LogP) is 3.94. The van der Waals surface area contributed by atoms with Crippen molar-refractivity contribution < 1.29 is 14.6 Å². The zero-order valence-corrected chi connectivity index (χ0v) is 11.2. The number of phenolic OH excluding ortho intramolecular Hbond substituents is 1. The van der Waals surface area contributed by atoms with Crippen molar-refractivity contribution in [2.24, 2.45) is 0 Å². The minimum atomic E-state index is -0.152. The number of ether oxygens (including phenoxy) is 1. The number of unbranched alkanes of at least 4 members (excludes halogenated alkanes) is 4. The Bertz CT molecular complexity index is 385. The molecule has 1 N–H and O–H groups in total. The van der Waals surface area contributed by atoms with E-state index < -0.39 is 0 Å². The Kier molecular flexibility index (Phi) is 6.26. The molecule has 1 aromatic carbocycles. The van der Waals surface area contributed by atoms with Crippen LogP contribution in [-0.2, 0) is 0 Å². The number of benzene rings is 1. The maximum atomic E-state index is 11.3. The summed E-state index contributed by atoms with van der Waals surface area (Å²) in [4.78, 5) is 11.3. The normalized spacial score (nSPS) is 10.3. The fourth-order valence-electron chi connectivity index (χ4n) is 1.81. The van der Waals surface area contributed by atoms with E-state index >= 15 is 0 Å². The second kappa shape index (κ2) is 7.75. The Morgan fingerprint density at radius 2 is 1.94 bits per heavy atom. The second-order valence-electron chi connectivity index (χ2n) is 4.47. The van der Waals surface area contributed by atoms with Crippen LogP contribution in [0, 0.1) is 0 Å². The van der Waals surface area contributed by atoms with E-state index in [1.54, 1.807) is 18.2 Å². The van der Waals surface area contributed by atoms with Crippen molar-refractivity contribution in [3.63, 3.8) is 0 Å². The summed E-state index contributed by atoms with van der Waals surface area (Å²) in [5, 5.41) is 9.85. The molecule has 0 fully saturated rings. The average Bonchev–Trinajstić information content (AvgIpc) is 2.35. The molecule has 3 nitrogen and oxygen atoms in total. The molecule has 0 saturated heterocycles. The lowest BCUT2D eigenvalue weighted by Crippen LogP contribution is -2.00. The van der Waals surface area contributed by atoms with Gasteiger partial charge in [0.05, 0.1) is 12.2 Å². The molecule has 0 bridgehead atoms. The van der Waals surface area contributed by atoms with Crippen molar-refractivity contribution in [3.8, 4) is 11.5 Å². The summed E-state index contributed by atoms with van der Waals surface area (Å²) < 4.78 is 5.51. The molecule has 0 amide bonds. The number of hydrogen-bond acceptors (Lipinski definition) is 3. The van der Waals surface area contributed by atoms with Crippen LogP contribution in [0.5, 0.6) is 11.5 Å². The molecule has 100 valence electrons. The molecule has 0 radical (unpaired) electrons. The highest BCUT2D eigenvalue weighted by molar-refractivity contribution is 5.97. The van der Waals surface area contributed by atoms with Gasteiger partial charge in [-0.3, -0.25) is 4.79 Å². The van der Waals surface area contributed by atoms with Gasteiger partial charge in [0.15, 0.2) is 17.3 Å². The molecule has 0 unspecified atom stereocenters. The molecule has 0 spiro atoms. The van der Waals surface area contributed by atoms with E-state index in [1.807, 2.05) is 0 Å². The smallest absolute Gasteiger partial charge is 0.168 e. The summed E-state index contributed by atoms with van der Waals surface area (Å²) >= 11 is 0. The van der Waals surface area contributed by atoms with Gasteiger partial charge in [-0.1, -0.05) is 38.7 Å². The van der Waals surface area contributed by atoms with Gasteiger partial charge in [-0.05, 0) is 25.5 Å². The third kappa shape index (κ3) is 4.40. The lowest BCUT2D eigenvalue weighted by Gasteiger charge is -2.09. The Hall–Kier alpha value is -1.51. The van der Waals surface area contributed by atoms with E-state index in [0.29, 0.717) is 17.9 Å². The van der Waals surface area contributed by atoms with Crippen LogP contribution in [-0.4, -0.2) is 17.5 Å². The van der Waals surface area contributed by atoms with E-state index in [-0.39, 0.29) is 11.5 Å². The predicted molar refractivity (Wildman–Crippen MR) is 72.4 cm³/mol. The average molecular weight is 250 g/mol. The van der Waals surface area contributed by atoms with Crippen LogP contribution in [0.25, 0.3) is 0 Å². The van der Waals surface area contributed by atoms with E-state index in [9.17, 15) is 9.90 Å². The van der Waals surface area contributed by atoms with Crippen molar-refractivity contribution in [1.29, 1.82) is 0 Å². The van der Waals surface area contributed by atoms with Crippen molar-refractivity contribution in [3.05, 3.63) is 23.8 Å². The van der Waals surface area contributed by atoms with Crippen LogP contribution in [0.15, 0.2) is 18.2 Å². The SMILES string of the molecule is CCCCCCCOc1cccc(C(C)=O)c1O. The molecule has 0 saturated carbocycles. The fourth-order valence-corrected chi connectivity index (χ4v) is 1.81. The highest BCUT2D eigenvalue weighted by Crippen LogP contribution is 2.30. The van der Waals surface area contributed by atoms with Gasteiger partial charge in [-0.15, -0.1) is 0 Å². The van der Waals surface area contributed by atoms with E-state index in [4.69, 9.17) is 4.74 Å². The first kappa shape index (κ1) is 14.6. The summed E-state index contributed by atoms with van der Waals surface area (Å²) in [6.45, 7) is 4.20. The molecule has 0 aromatic heterocycles. The minimum absolute atomic E-state index is 0.0430. The van der Waals surface area contributed by atoms with Gasteiger partial charge in [0.2, 0.25) is 0 Å². The third-order valence-electron chi connectivity index (χ3n) is 2.88. The number of carbonyl (C=O) groups is 1. The van der Waals surface area contributed by atoms with Gasteiger partial charge in [0, 0.05) is 0 Å². The first-order valence-electron chi connectivity index (χ1n) is 6.62. The van der Waals surface area contributed by atoms with E-state index in [2.05, 4.69) is 6.92 Å². The number of carbonyl (C=O) groups excluding carboxylic acids is 1. The van der Waals surface area contributed by atoms with Gasteiger partial charge < -0.3 is 9.84 Å². The van der Waals surface area contributed by atoms with E-state index in [0.717, 1.165) is 12.8 Å². The van der Waals surface area contributed by atoms with Crippen molar-refractivity contribution >= 4 is 5.78 Å². The number of phenols is 1. The van der Waals surface area contributed by atoms with Gasteiger partial charge in [0.1, 0.15) is 0 Å². The van der Waals surface area contributed by atoms with Crippen LogP contribution in [0.1, 0.15) is 56.3 Å². The molecule has 1 rings (SSSR count). The largest absolute Gasteiger partial charge is 0.504 e. The quantitative estimate of drug-likeness (QED) is 0.561. The summed E-state index contributed by atoms with van der Waals surface area (Å²) in [7, 11) is 0. The Balaban J connectivity index is 2.43. The molecular weight excluding hydrogens is 228 g/mol. The standard InChI is InChI=1S/C15H22O3/c1-3-4-5-6-7-11-18-14-10-8-9-13(12(2)16)15(14)17/h8-10,17H,3-7,11H2,1-2H3. The second-order valence-corrected chi connectivity index (χ2v) is 4.47. The molecule has 1 aromatic rings. The summed E-state index contributed by atoms with van der Waals surface area (Å²) in [6, 6.07) is 5.02. The van der Waals surface area contributed by atoms with Gasteiger partial charge >= 0.3 is 0 Å². The van der Waals surface area contributed by atoms with Crippen LogP contribution < -0.4 is 4.74 Å². The number of ketones is 1.